The third-order valence-electron chi connectivity index (χ3n) is 2.97. The van der Waals surface area contributed by atoms with Gasteiger partial charge in [-0.2, -0.15) is 0 Å². The summed E-state index contributed by atoms with van der Waals surface area (Å²) in [4.78, 5) is 23.3. The average molecular weight is 302 g/mol. The van der Waals surface area contributed by atoms with Crippen LogP contribution >= 0.6 is 0 Å². The molecule has 0 saturated carbocycles. The van der Waals surface area contributed by atoms with Gasteiger partial charge in [0.2, 0.25) is 0 Å². The third-order valence-corrected chi connectivity index (χ3v) is 2.97. The van der Waals surface area contributed by atoms with Gasteiger partial charge in [0.1, 0.15) is 11.6 Å². The lowest BCUT2D eigenvalue weighted by Crippen LogP contribution is -2.19. The lowest BCUT2D eigenvalue weighted by atomic mass is 10.1. The van der Waals surface area contributed by atoms with Crippen LogP contribution in [0.15, 0.2) is 48.5 Å². The standard InChI is InChI=1S/C17H15FO4/c1-12-4-2-3-5-16(12)21-11-17(20)22-10-15(19)13-6-8-14(18)9-7-13/h2-9H,10-11H2,1H3. The predicted molar refractivity (Wildman–Crippen MR) is 78.4 cm³/mol. The van der Waals surface area contributed by atoms with Crippen molar-refractivity contribution in [3.05, 3.63) is 65.5 Å². The van der Waals surface area contributed by atoms with Gasteiger partial charge in [0, 0.05) is 5.56 Å². The Bertz CT molecular complexity index is 665. The first kappa shape index (κ1) is 15.7. The van der Waals surface area contributed by atoms with Crippen LogP contribution < -0.4 is 4.74 Å². The molecule has 0 heterocycles. The maximum Gasteiger partial charge on any atom is 0.344 e. The van der Waals surface area contributed by atoms with Crippen LogP contribution in [0.1, 0.15) is 15.9 Å². The van der Waals surface area contributed by atoms with Crippen molar-refractivity contribution < 1.29 is 23.5 Å². The highest BCUT2D eigenvalue weighted by Crippen LogP contribution is 2.15. The number of ether oxygens (including phenoxy) is 2. The molecule has 2 aromatic carbocycles. The smallest absolute Gasteiger partial charge is 0.344 e. The molecule has 0 saturated heterocycles. The van der Waals surface area contributed by atoms with Crippen LogP contribution in [0.3, 0.4) is 0 Å². The molecular formula is C17H15FO4. The topological polar surface area (TPSA) is 52.6 Å². The van der Waals surface area contributed by atoms with Gasteiger partial charge in [0.05, 0.1) is 0 Å². The highest BCUT2D eigenvalue weighted by Gasteiger charge is 2.11. The van der Waals surface area contributed by atoms with Crippen molar-refractivity contribution in [3.8, 4) is 5.75 Å². The number of Topliss-reactive ketones (excluding diaryl/α,β-unsaturated/α-hetero) is 1. The quantitative estimate of drug-likeness (QED) is 0.608. The normalized spacial score (nSPS) is 10.1. The van der Waals surface area contributed by atoms with Crippen molar-refractivity contribution in [1.82, 2.24) is 0 Å². The summed E-state index contributed by atoms with van der Waals surface area (Å²) in [6, 6.07) is 12.3. The molecule has 0 aromatic heterocycles. The van der Waals surface area contributed by atoms with E-state index in [4.69, 9.17) is 9.47 Å². The van der Waals surface area contributed by atoms with Crippen molar-refractivity contribution >= 4 is 11.8 Å². The summed E-state index contributed by atoms with van der Waals surface area (Å²) >= 11 is 0. The molecule has 0 amide bonds. The number of halogens is 1. The Labute approximate surface area is 127 Å². The molecule has 2 aromatic rings. The van der Waals surface area contributed by atoms with E-state index in [-0.39, 0.29) is 12.2 Å². The van der Waals surface area contributed by atoms with E-state index in [1.807, 2.05) is 19.1 Å². The average Bonchev–Trinajstić information content (AvgIpc) is 2.52. The number of para-hydroxylation sites is 1. The minimum absolute atomic E-state index is 0.276. The summed E-state index contributed by atoms with van der Waals surface area (Å²) in [5.74, 6) is -0.882. The maximum absolute atomic E-state index is 12.7. The van der Waals surface area contributed by atoms with Crippen molar-refractivity contribution in [2.45, 2.75) is 6.92 Å². The minimum atomic E-state index is -0.640. The molecular weight excluding hydrogens is 287 g/mol. The van der Waals surface area contributed by atoms with Gasteiger partial charge in [-0.25, -0.2) is 9.18 Å². The molecule has 0 radical (unpaired) electrons. The fourth-order valence-electron chi connectivity index (χ4n) is 1.76. The van der Waals surface area contributed by atoms with Crippen molar-refractivity contribution in [2.75, 3.05) is 13.2 Å². The molecule has 0 aliphatic rings. The van der Waals surface area contributed by atoms with Gasteiger partial charge in [-0.3, -0.25) is 4.79 Å². The van der Waals surface area contributed by atoms with Crippen LogP contribution in [0.4, 0.5) is 4.39 Å². The molecule has 2 rings (SSSR count). The van der Waals surface area contributed by atoms with Crippen molar-refractivity contribution in [1.29, 1.82) is 0 Å². The number of carbonyl (C=O) groups excluding carboxylic acids is 2. The van der Waals surface area contributed by atoms with Crippen LogP contribution in [-0.2, 0) is 9.53 Å². The van der Waals surface area contributed by atoms with Crippen LogP contribution in [0, 0.1) is 12.7 Å². The molecule has 0 aliphatic heterocycles. The van der Waals surface area contributed by atoms with Crippen molar-refractivity contribution in [3.63, 3.8) is 0 Å². The van der Waals surface area contributed by atoms with Crippen molar-refractivity contribution in [2.24, 2.45) is 0 Å². The fraction of sp³-hybridized carbons (Fsp3) is 0.176. The Hall–Kier alpha value is -2.69. The summed E-state index contributed by atoms with van der Waals surface area (Å²) in [5.41, 5.74) is 1.19. The van der Waals surface area contributed by atoms with E-state index in [9.17, 15) is 14.0 Å². The highest BCUT2D eigenvalue weighted by atomic mass is 19.1. The van der Waals surface area contributed by atoms with E-state index >= 15 is 0 Å². The second-order valence-corrected chi connectivity index (χ2v) is 4.64. The fourth-order valence-corrected chi connectivity index (χ4v) is 1.76. The summed E-state index contributed by atoms with van der Waals surface area (Å²) < 4.78 is 22.9. The molecule has 0 fully saturated rings. The Morgan fingerprint density at radius 1 is 1.00 bits per heavy atom. The van der Waals surface area contributed by atoms with Gasteiger partial charge in [0.15, 0.2) is 19.0 Å². The van der Waals surface area contributed by atoms with Crippen LogP contribution in [-0.4, -0.2) is 25.0 Å². The van der Waals surface area contributed by atoms with Crippen LogP contribution in [0.2, 0.25) is 0 Å². The molecule has 0 bridgehead atoms. The number of carbonyl (C=O) groups is 2. The number of hydrogen-bond acceptors (Lipinski definition) is 4. The predicted octanol–water partition coefficient (Wildman–Crippen LogP) is 2.94. The van der Waals surface area contributed by atoms with Gasteiger partial charge >= 0.3 is 5.97 Å². The summed E-state index contributed by atoms with van der Waals surface area (Å²) in [5, 5.41) is 0. The van der Waals surface area contributed by atoms with E-state index in [2.05, 4.69) is 0 Å². The first-order chi connectivity index (χ1) is 10.6. The van der Waals surface area contributed by atoms with Gasteiger partial charge < -0.3 is 9.47 Å². The summed E-state index contributed by atoms with van der Waals surface area (Å²) in [6.07, 6.45) is 0. The first-order valence-electron chi connectivity index (χ1n) is 6.69. The number of ketones is 1. The maximum atomic E-state index is 12.7. The molecule has 0 N–H and O–H groups in total. The summed E-state index contributed by atoms with van der Waals surface area (Å²) in [6.45, 7) is 1.18. The zero-order valence-electron chi connectivity index (χ0n) is 12.0. The lowest BCUT2D eigenvalue weighted by molar-refractivity contribution is -0.144. The van der Waals surface area contributed by atoms with Gasteiger partial charge in [-0.15, -0.1) is 0 Å². The first-order valence-corrected chi connectivity index (χ1v) is 6.69. The largest absolute Gasteiger partial charge is 0.482 e. The summed E-state index contributed by atoms with van der Waals surface area (Å²) in [7, 11) is 0. The zero-order chi connectivity index (χ0) is 15.9. The SMILES string of the molecule is Cc1ccccc1OCC(=O)OCC(=O)c1ccc(F)cc1. The second-order valence-electron chi connectivity index (χ2n) is 4.64. The number of benzene rings is 2. The molecule has 0 spiro atoms. The Kier molecular flexibility index (Phi) is 5.25. The molecule has 22 heavy (non-hydrogen) atoms. The molecule has 0 aliphatic carbocycles. The van der Waals surface area contributed by atoms with Crippen LogP contribution in [0.25, 0.3) is 0 Å². The number of rotatable bonds is 6. The van der Waals surface area contributed by atoms with E-state index in [0.29, 0.717) is 5.75 Å². The molecule has 114 valence electrons. The molecule has 0 atom stereocenters. The highest BCUT2D eigenvalue weighted by molar-refractivity contribution is 5.97. The molecule has 0 unspecified atom stereocenters. The van der Waals surface area contributed by atoms with Gasteiger partial charge in [0.25, 0.3) is 0 Å². The third kappa shape index (κ3) is 4.41. The Balaban J connectivity index is 1.79. The van der Waals surface area contributed by atoms with E-state index < -0.39 is 24.2 Å². The van der Waals surface area contributed by atoms with Gasteiger partial charge in [-0.05, 0) is 42.8 Å². The zero-order valence-corrected chi connectivity index (χ0v) is 12.0. The monoisotopic (exact) mass is 302 g/mol. The number of aryl methyl sites for hydroxylation is 1. The number of esters is 1. The molecule has 5 heteroatoms. The second kappa shape index (κ2) is 7.36. The van der Waals surface area contributed by atoms with Gasteiger partial charge in [-0.1, -0.05) is 18.2 Å². The van der Waals surface area contributed by atoms with E-state index in [1.54, 1.807) is 12.1 Å². The lowest BCUT2D eigenvalue weighted by Gasteiger charge is -2.08. The van der Waals surface area contributed by atoms with E-state index in [1.165, 1.54) is 24.3 Å². The molecule has 4 nitrogen and oxygen atoms in total. The minimum Gasteiger partial charge on any atom is -0.482 e. The number of hydrogen-bond donors (Lipinski definition) is 0. The van der Waals surface area contributed by atoms with Crippen LogP contribution in [0.5, 0.6) is 5.75 Å². The van der Waals surface area contributed by atoms with E-state index in [0.717, 1.165) is 5.56 Å². The Morgan fingerprint density at radius 3 is 2.36 bits per heavy atom. The Morgan fingerprint density at radius 2 is 1.68 bits per heavy atom.